The van der Waals surface area contributed by atoms with Crippen molar-refractivity contribution in [3.05, 3.63) is 82.7 Å². The maximum absolute atomic E-state index is 12.6. The van der Waals surface area contributed by atoms with Gasteiger partial charge >= 0.3 is 6.03 Å². The second kappa shape index (κ2) is 8.49. The molecule has 2 N–H and O–H groups in total. The lowest BCUT2D eigenvalue weighted by atomic mass is 10.1. The maximum atomic E-state index is 12.6. The van der Waals surface area contributed by atoms with Crippen LogP contribution in [-0.2, 0) is 9.59 Å². The lowest BCUT2D eigenvalue weighted by molar-refractivity contribution is -0.127. The number of rotatable bonds is 5. The highest BCUT2D eigenvalue weighted by Crippen LogP contribution is 2.24. The van der Waals surface area contributed by atoms with Crippen molar-refractivity contribution in [2.75, 3.05) is 11.9 Å². The molecular formula is C23H18ClN3O4. The van der Waals surface area contributed by atoms with Gasteiger partial charge < -0.3 is 15.1 Å². The van der Waals surface area contributed by atoms with Crippen molar-refractivity contribution in [2.45, 2.75) is 6.92 Å². The monoisotopic (exact) mass is 435 g/mol. The fraction of sp³-hybridized carbons (Fsp3) is 0.0870. The summed E-state index contributed by atoms with van der Waals surface area (Å²) in [6.07, 6.45) is 1.44. The van der Waals surface area contributed by atoms with Gasteiger partial charge in [-0.1, -0.05) is 41.4 Å². The van der Waals surface area contributed by atoms with Crippen molar-refractivity contribution >= 4 is 41.2 Å². The van der Waals surface area contributed by atoms with Crippen LogP contribution in [-0.4, -0.2) is 29.3 Å². The minimum absolute atomic E-state index is 0.0362. The molecule has 0 unspecified atom stereocenters. The van der Waals surface area contributed by atoms with E-state index in [0.29, 0.717) is 22.2 Å². The predicted octanol–water partition coefficient (Wildman–Crippen LogP) is 4.44. The number of amides is 4. The van der Waals surface area contributed by atoms with Crippen LogP contribution < -0.4 is 10.6 Å². The topological polar surface area (TPSA) is 91.7 Å². The molecule has 7 nitrogen and oxygen atoms in total. The Kier molecular flexibility index (Phi) is 5.60. The Balaban J connectivity index is 1.44. The summed E-state index contributed by atoms with van der Waals surface area (Å²) in [7, 11) is 0. The van der Waals surface area contributed by atoms with Crippen LogP contribution in [0.5, 0.6) is 0 Å². The lowest BCUT2D eigenvalue weighted by Gasteiger charge is -2.11. The van der Waals surface area contributed by atoms with E-state index in [4.69, 9.17) is 16.0 Å². The first kappa shape index (κ1) is 20.4. The Morgan fingerprint density at radius 3 is 2.48 bits per heavy atom. The largest absolute Gasteiger partial charge is 0.457 e. The molecule has 31 heavy (non-hydrogen) atoms. The Bertz CT molecular complexity index is 1180. The van der Waals surface area contributed by atoms with Crippen molar-refractivity contribution in [1.29, 1.82) is 0 Å². The highest BCUT2D eigenvalue weighted by Gasteiger charge is 2.35. The molecule has 0 atom stereocenters. The second-order valence-electron chi connectivity index (χ2n) is 7.00. The fourth-order valence-corrected chi connectivity index (χ4v) is 3.16. The van der Waals surface area contributed by atoms with E-state index in [9.17, 15) is 14.4 Å². The molecule has 1 aliphatic heterocycles. The van der Waals surface area contributed by atoms with E-state index in [1.807, 2.05) is 31.2 Å². The molecular weight excluding hydrogens is 418 g/mol. The number of carbonyl (C=O) groups is 3. The van der Waals surface area contributed by atoms with Crippen LogP contribution in [0.1, 0.15) is 11.3 Å². The number of urea groups is 1. The van der Waals surface area contributed by atoms with Crippen LogP contribution in [0.3, 0.4) is 0 Å². The lowest BCUT2D eigenvalue weighted by Crippen LogP contribution is -2.38. The number of imide groups is 1. The summed E-state index contributed by atoms with van der Waals surface area (Å²) in [5.74, 6) is -0.0641. The first-order chi connectivity index (χ1) is 14.9. The van der Waals surface area contributed by atoms with Crippen LogP contribution in [0, 0.1) is 6.92 Å². The van der Waals surface area contributed by atoms with Gasteiger partial charge in [0.1, 0.15) is 23.8 Å². The molecule has 0 bridgehead atoms. The number of furan rings is 1. The zero-order valence-corrected chi connectivity index (χ0v) is 17.3. The number of nitrogens with zero attached hydrogens (tertiary/aromatic N) is 1. The van der Waals surface area contributed by atoms with E-state index in [0.717, 1.165) is 16.0 Å². The average molecular weight is 436 g/mol. The molecule has 2 heterocycles. The Hall–Kier alpha value is -3.84. The summed E-state index contributed by atoms with van der Waals surface area (Å²) in [5, 5.41) is 5.63. The molecule has 3 aromatic rings. The molecule has 4 rings (SSSR count). The molecule has 2 aromatic carbocycles. The zero-order chi connectivity index (χ0) is 22.0. The summed E-state index contributed by atoms with van der Waals surface area (Å²) >= 11 is 5.82. The molecule has 1 saturated heterocycles. The number of benzene rings is 2. The molecule has 1 aromatic heterocycles. The third kappa shape index (κ3) is 4.67. The SMILES string of the molecule is Cc1ccc(-c2ccc(/C=C3\NC(=O)N(CC(=O)Nc4ccc(Cl)cc4)C3=O)o2)cc1. The molecule has 156 valence electrons. The Morgan fingerprint density at radius 2 is 1.77 bits per heavy atom. The van der Waals surface area contributed by atoms with E-state index in [2.05, 4.69) is 10.6 Å². The summed E-state index contributed by atoms with van der Waals surface area (Å²) in [5.41, 5.74) is 2.58. The van der Waals surface area contributed by atoms with Gasteiger partial charge in [0.05, 0.1) is 0 Å². The summed E-state index contributed by atoms with van der Waals surface area (Å²) in [4.78, 5) is 37.9. The second-order valence-corrected chi connectivity index (χ2v) is 7.44. The molecule has 0 spiro atoms. The van der Waals surface area contributed by atoms with Gasteiger partial charge in [-0.05, 0) is 43.3 Å². The van der Waals surface area contributed by atoms with Crippen molar-refractivity contribution in [3.8, 4) is 11.3 Å². The maximum Gasteiger partial charge on any atom is 0.329 e. The molecule has 8 heteroatoms. The average Bonchev–Trinajstić information content (AvgIpc) is 3.31. The van der Waals surface area contributed by atoms with E-state index < -0.39 is 24.4 Å². The van der Waals surface area contributed by atoms with Gasteiger partial charge in [-0.2, -0.15) is 0 Å². The van der Waals surface area contributed by atoms with Crippen molar-refractivity contribution in [2.24, 2.45) is 0 Å². The molecule has 0 aliphatic carbocycles. The van der Waals surface area contributed by atoms with Gasteiger partial charge in [0.15, 0.2) is 0 Å². The van der Waals surface area contributed by atoms with E-state index in [1.165, 1.54) is 6.08 Å². The Morgan fingerprint density at radius 1 is 1.06 bits per heavy atom. The minimum atomic E-state index is -0.673. The molecule has 1 fully saturated rings. The quantitative estimate of drug-likeness (QED) is 0.457. The summed E-state index contributed by atoms with van der Waals surface area (Å²) < 4.78 is 5.77. The molecule has 0 saturated carbocycles. The number of hydrogen-bond donors (Lipinski definition) is 2. The standard InChI is InChI=1S/C23H18ClN3O4/c1-14-2-4-15(5-3-14)20-11-10-18(31-20)12-19-22(29)27(23(30)26-19)13-21(28)25-17-8-6-16(24)7-9-17/h2-12H,13H2,1H3,(H,25,28)(H,26,30)/b19-12-. The first-order valence-corrected chi connectivity index (χ1v) is 9.84. The fourth-order valence-electron chi connectivity index (χ4n) is 3.04. The minimum Gasteiger partial charge on any atom is -0.457 e. The Labute approximate surface area is 183 Å². The number of nitrogens with one attached hydrogen (secondary N) is 2. The van der Waals surface area contributed by atoms with Crippen molar-refractivity contribution < 1.29 is 18.8 Å². The third-order valence-corrected chi connectivity index (χ3v) is 4.89. The van der Waals surface area contributed by atoms with Crippen LogP contribution in [0.2, 0.25) is 5.02 Å². The number of aryl methyl sites for hydroxylation is 1. The highest BCUT2D eigenvalue weighted by molar-refractivity contribution is 6.30. The smallest absolute Gasteiger partial charge is 0.329 e. The number of halogens is 1. The van der Waals surface area contributed by atoms with Crippen LogP contribution in [0.15, 0.2) is 70.8 Å². The molecule has 1 aliphatic rings. The van der Waals surface area contributed by atoms with Gasteiger partial charge in [-0.15, -0.1) is 0 Å². The molecule has 0 radical (unpaired) electrons. The summed E-state index contributed by atoms with van der Waals surface area (Å²) in [6.45, 7) is 1.58. The summed E-state index contributed by atoms with van der Waals surface area (Å²) in [6, 6.07) is 17.1. The van der Waals surface area contributed by atoms with Crippen molar-refractivity contribution in [1.82, 2.24) is 10.2 Å². The normalized spacial score (nSPS) is 14.8. The van der Waals surface area contributed by atoms with Gasteiger partial charge in [-0.25, -0.2) is 9.69 Å². The third-order valence-electron chi connectivity index (χ3n) is 4.64. The van der Waals surface area contributed by atoms with Crippen LogP contribution in [0.25, 0.3) is 17.4 Å². The highest BCUT2D eigenvalue weighted by atomic mass is 35.5. The van der Waals surface area contributed by atoms with Gasteiger partial charge in [0, 0.05) is 22.3 Å². The van der Waals surface area contributed by atoms with Gasteiger partial charge in [-0.3, -0.25) is 9.59 Å². The van der Waals surface area contributed by atoms with Crippen LogP contribution >= 0.6 is 11.6 Å². The van der Waals surface area contributed by atoms with Crippen molar-refractivity contribution in [3.63, 3.8) is 0 Å². The zero-order valence-electron chi connectivity index (χ0n) is 16.5. The van der Waals surface area contributed by atoms with Crippen LogP contribution in [0.4, 0.5) is 10.5 Å². The van der Waals surface area contributed by atoms with Gasteiger partial charge in [0.25, 0.3) is 5.91 Å². The first-order valence-electron chi connectivity index (χ1n) is 9.46. The predicted molar refractivity (Wildman–Crippen MR) is 117 cm³/mol. The number of hydrogen-bond acceptors (Lipinski definition) is 4. The number of anilines is 1. The molecule has 4 amide bonds. The van der Waals surface area contributed by atoms with E-state index >= 15 is 0 Å². The van der Waals surface area contributed by atoms with Gasteiger partial charge in [0.2, 0.25) is 5.91 Å². The van der Waals surface area contributed by atoms with E-state index in [1.54, 1.807) is 36.4 Å². The van der Waals surface area contributed by atoms with E-state index in [-0.39, 0.29) is 5.70 Å². The number of carbonyl (C=O) groups excluding carboxylic acids is 3.